The summed E-state index contributed by atoms with van der Waals surface area (Å²) in [5.74, 6) is -2.38. The molecule has 32 heavy (non-hydrogen) atoms. The number of hydrogen-bond acceptors (Lipinski definition) is 10. The third-order valence-electron chi connectivity index (χ3n) is 7.75. The lowest BCUT2D eigenvalue weighted by Crippen LogP contribution is -2.63. The number of esters is 1. The second-order valence-corrected chi connectivity index (χ2v) is 9.47. The van der Waals surface area contributed by atoms with E-state index < -0.39 is 78.7 Å². The summed E-state index contributed by atoms with van der Waals surface area (Å²) < 4.78 is 16.2. The van der Waals surface area contributed by atoms with Gasteiger partial charge in [-0.3, -0.25) is 4.79 Å². The van der Waals surface area contributed by atoms with E-state index in [-0.39, 0.29) is 17.8 Å². The molecular weight excluding hydrogens is 424 g/mol. The van der Waals surface area contributed by atoms with Gasteiger partial charge in [0.15, 0.2) is 6.29 Å². The van der Waals surface area contributed by atoms with Crippen LogP contribution in [0.25, 0.3) is 0 Å². The number of ether oxygens (including phenoxy) is 3. The van der Waals surface area contributed by atoms with Crippen LogP contribution >= 0.6 is 0 Å². The summed E-state index contributed by atoms with van der Waals surface area (Å²) in [7, 11) is 1.24. The van der Waals surface area contributed by atoms with Gasteiger partial charge >= 0.3 is 5.97 Å². The molecule has 0 aromatic rings. The Bertz CT molecular complexity index is 738. The van der Waals surface area contributed by atoms with Gasteiger partial charge in [-0.15, -0.1) is 0 Å². The van der Waals surface area contributed by atoms with E-state index in [1.54, 1.807) is 6.92 Å². The lowest BCUT2D eigenvalue weighted by molar-refractivity contribution is -0.326. The smallest absolute Gasteiger partial charge is 0.333 e. The van der Waals surface area contributed by atoms with Crippen LogP contribution < -0.4 is 0 Å². The number of Topliss-reactive ketones (excluding diaryl/α,β-unsaturated/α-hetero) is 1. The van der Waals surface area contributed by atoms with E-state index >= 15 is 0 Å². The van der Waals surface area contributed by atoms with Crippen LogP contribution in [0.3, 0.4) is 0 Å². The van der Waals surface area contributed by atoms with Crippen molar-refractivity contribution in [3.63, 3.8) is 0 Å². The van der Waals surface area contributed by atoms with E-state index in [1.165, 1.54) is 7.11 Å². The van der Waals surface area contributed by atoms with Crippen molar-refractivity contribution in [3.05, 3.63) is 12.2 Å². The molecule has 0 radical (unpaired) electrons. The number of hydrogen-bond donors (Lipinski definition) is 5. The predicted molar refractivity (Wildman–Crippen MR) is 109 cm³/mol. The van der Waals surface area contributed by atoms with Crippen LogP contribution in [0.4, 0.5) is 0 Å². The Balaban J connectivity index is 1.86. The van der Waals surface area contributed by atoms with Crippen molar-refractivity contribution >= 4 is 11.8 Å². The fourth-order valence-corrected chi connectivity index (χ4v) is 5.70. The second-order valence-electron chi connectivity index (χ2n) is 9.47. The molecule has 1 heterocycles. The predicted octanol–water partition coefficient (Wildman–Crippen LogP) is -1.10. The number of ketones is 1. The van der Waals surface area contributed by atoms with E-state index in [0.29, 0.717) is 12.8 Å². The Morgan fingerprint density at radius 2 is 1.84 bits per heavy atom. The molecule has 0 amide bonds. The van der Waals surface area contributed by atoms with E-state index in [0.717, 1.165) is 0 Å². The minimum Gasteiger partial charge on any atom is -0.466 e. The summed E-state index contributed by atoms with van der Waals surface area (Å²) in [6.07, 6.45) is -8.11. The number of carbonyl (C=O) groups is 2. The molecule has 0 unspecified atom stereocenters. The molecule has 1 saturated heterocycles. The first kappa shape index (κ1) is 25.2. The molecule has 0 aromatic heterocycles. The van der Waals surface area contributed by atoms with Crippen LogP contribution in [0.5, 0.6) is 0 Å². The van der Waals surface area contributed by atoms with Crippen LogP contribution in [0.15, 0.2) is 12.2 Å². The zero-order chi connectivity index (χ0) is 24.0. The standard InChI is InChI=1S/C22H34O10/c1-9(20(29)30-4)11-5-6-22(3)14(7-12(24)10(2)15(22)16(11)25)32-21-19(28)18(27)17(26)13(8-23)31-21/h10-11,13-19,21,23,25-28H,1,5-8H2,2-4H3/t10-,11-,13+,14+,15+,16+,17+,18-,19+,21-,22+/m0/s1. The lowest BCUT2D eigenvalue weighted by Gasteiger charge is -2.56. The average molecular weight is 459 g/mol. The van der Waals surface area contributed by atoms with Crippen molar-refractivity contribution in [1.29, 1.82) is 0 Å². The van der Waals surface area contributed by atoms with Crippen LogP contribution in [-0.4, -0.2) is 93.9 Å². The Hall–Kier alpha value is -1.40. The zero-order valence-corrected chi connectivity index (χ0v) is 18.6. The molecule has 0 aromatic carbocycles. The SMILES string of the molecule is C=C(C(=O)OC)[C@@H]1CC[C@@]2(C)[C@@H]([C@@H]1O)[C@@H](C)C(=O)C[C@H]2O[C@@H]1O[C@H](CO)[C@@H](O)[C@H](O)[C@H]1O. The topological polar surface area (TPSA) is 163 Å². The van der Waals surface area contributed by atoms with Crippen molar-refractivity contribution in [2.75, 3.05) is 13.7 Å². The molecule has 10 nitrogen and oxygen atoms in total. The van der Waals surface area contributed by atoms with E-state index in [2.05, 4.69) is 6.58 Å². The van der Waals surface area contributed by atoms with Crippen molar-refractivity contribution in [2.24, 2.45) is 23.2 Å². The summed E-state index contributed by atoms with van der Waals surface area (Å²) >= 11 is 0. The first-order valence-electron chi connectivity index (χ1n) is 10.9. The van der Waals surface area contributed by atoms with Gasteiger partial charge in [0.25, 0.3) is 0 Å². The highest BCUT2D eigenvalue weighted by atomic mass is 16.7. The number of methoxy groups -OCH3 is 1. The monoisotopic (exact) mass is 458 g/mol. The van der Waals surface area contributed by atoms with E-state index in [1.807, 2.05) is 6.92 Å². The fraction of sp³-hybridized carbons (Fsp3) is 0.818. The van der Waals surface area contributed by atoms with Gasteiger partial charge in [0, 0.05) is 35.2 Å². The van der Waals surface area contributed by atoms with Gasteiger partial charge in [-0.1, -0.05) is 20.4 Å². The largest absolute Gasteiger partial charge is 0.466 e. The van der Waals surface area contributed by atoms with Gasteiger partial charge in [-0.05, 0) is 12.8 Å². The maximum atomic E-state index is 12.8. The molecule has 3 aliphatic rings. The molecule has 0 spiro atoms. The zero-order valence-electron chi connectivity index (χ0n) is 18.6. The Morgan fingerprint density at radius 3 is 2.44 bits per heavy atom. The van der Waals surface area contributed by atoms with Crippen molar-refractivity contribution in [1.82, 2.24) is 0 Å². The van der Waals surface area contributed by atoms with Gasteiger partial charge in [0.2, 0.25) is 0 Å². The van der Waals surface area contributed by atoms with Gasteiger partial charge in [0.05, 0.1) is 25.9 Å². The quantitative estimate of drug-likeness (QED) is 0.252. The van der Waals surface area contributed by atoms with E-state index in [9.17, 15) is 35.1 Å². The van der Waals surface area contributed by atoms with Gasteiger partial charge in [-0.2, -0.15) is 0 Å². The van der Waals surface area contributed by atoms with E-state index in [4.69, 9.17) is 14.2 Å². The highest BCUT2D eigenvalue weighted by Gasteiger charge is 2.59. The molecule has 0 bridgehead atoms. The summed E-state index contributed by atoms with van der Waals surface area (Å²) in [5, 5.41) is 51.0. The Kier molecular flexibility index (Phi) is 7.45. The molecular formula is C22H34O10. The van der Waals surface area contributed by atoms with Gasteiger partial charge in [-0.25, -0.2) is 4.79 Å². The third kappa shape index (κ3) is 4.13. The van der Waals surface area contributed by atoms with Crippen LogP contribution in [0, 0.1) is 23.2 Å². The first-order valence-corrected chi connectivity index (χ1v) is 10.9. The average Bonchev–Trinajstić information content (AvgIpc) is 2.76. The maximum Gasteiger partial charge on any atom is 0.333 e. The molecule has 2 aliphatic carbocycles. The number of aliphatic hydroxyl groups excluding tert-OH is 5. The highest BCUT2D eigenvalue weighted by Crippen LogP contribution is 2.55. The first-order chi connectivity index (χ1) is 15.0. The summed E-state index contributed by atoms with van der Waals surface area (Å²) in [5.41, 5.74) is -0.558. The van der Waals surface area contributed by atoms with Crippen molar-refractivity contribution in [2.45, 2.75) is 76.0 Å². The summed E-state index contributed by atoms with van der Waals surface area (Å²) in [4.78, 5) is 24.8. The molecule has 10 heteroatoms. The number of rotatable bonds is 5. The maximum absolute atomic E-state index is 12.8. The molecule has 3 rings (SSSR count). The molecule has 11 atom stereocenters. The van der Waals surface area contributed by atoms with Crippen LogP contribution in [-0.2, 0) is 23.8 Å². The number of fused-ring (bicyclic) bond motifs is 1. The lowest BCUT2D eigenvalue weighted by atomic mass is 9.52. The normalized spacial score (nSPS) is 46.9. The molecule has 3 fully saturated rings. The van der Waals surface area contributed by atoms with Crippen LogP contribution in [0.2, 0.25) is 0 Å². The summed E-state index contributed by atoms with van der Waals surface area (Å²) in [6, 6.07) is 0. The van der Waals surface area contributed by atoms with Crippen molar-refractivity contribution in [3.8, 4) is 0 Å². The van der Waals surface area contributed by atoms with Crippen LogP contribution in [0.1, 0.15) is 33.1 Å². The third-order valence-corrected chi connectivity index (χ3v) is 7.75. The molecule has 182 valence electrons. The molecule has 1 aliphatic heterocycles. The van der Waals surface area contributed by atoms with Gasteiger partial charge < -0.3 is 39.7 Å². The van der Waals surface area contributed by atoms with Crippen molar-refractivity contribution < 1.29 is 49.3 Å². The highest BCUT2D eigenvalue weighted by molar-refractivity contribution is 5.88. The number of carbonyl (C=O) groups excluding carboxylic acids is 2. The Morgan fingerprint density at radius 1 is 1.19 bits per heavy atom. The minimum atomic E-state index is -1.60. The van der Waals surface area contributed by atoms with Gasteiger partial charge in [0.1, 0.15) is 30.2 Å². The second kappa shape index (κ2) is 9.46. The fourth-order valence-electron chi connectivity index (χ4n) is 5.70. The molecule has 5 N–H and O–H groups in total. The minimum absolute atomic E-state index is 0.0124. The summed E-state index contributed by atoms with van der Waals surface area (Å²) in [6.45, 7) is 6.81. The molecule has 2 saturated carbocycles. The Labute approximate surface area is 186 Å². The number of aliphatic hydroxyl groups is 5.